The number of hydrogen-bond acceptors (Lipinski definition) is 9. The molecule has 0 amide bonds. The van der Waals surface area contributed by atoms with Gasteiger partial charge >= 0.3 is 5.69 Å². The van der Waals surface area contributed by atoms with Gasteiger partial charge in [0.25, 0.3) is 11.2 Å². The number of hydrogen-bond donors (Lipinski definition) is 3. The molecule has 0 spiro atoms. The maximum Gasteiger partial charge on any atom is 0.329 e. The van der Waals surface area contributed by atoms with E-state index in [0.717, 1.165) is 5.56 Å². The molecule has 0 bridgehead atoms. The number of imidazole rings is 1. The van der Waals surface area contributed by atoms with Crippen LogP contribution >= 0.6 is 0 Å². The molecule has 4 rings (SSSR count). The molecule has 0 saturated carbocycles. The first-order chi connectivity index (χ1) is 17.2. The van der Waals surface area contributed by atoms with E-state index in [1.807, 2.05) is 25.1 Å². The Morgan fingerprint density at radius 1 is 1.28 bits per heavy atom. The van der Waals surface area contributed by atoms with Gasteiger partial charge in [-0.05, 0) is 18.6 Å². The number of hydrazone groups is 1. The molecule has 2 aromatic carbocycles. The Hall–Kier alpha value is -4.78. The molecule has 0 fully saturated rings. The topological polar surface area (TPSA) is 170 Å². The first kappa shape index (κ1) is 24.3. The summed E-state index contributed by atoms with van der Waals surface area (Å²) in [6, 6.07) is 13.2. The number of nitro groups is 1. The van der Waals surface area contributed by atoms with E-state index in [1.54, 1.807) is 12.1 Å². The van der Waals surface area contributed by atoms with Crippen molar-refractivity contribution in [2.75, 3.05) is 12.0 Å². The Balaban J connectivity index is 1.62. The number of aryl methyl sites for hydroxylation is 2. The highest BCUT2D eigenvalue weighted by molar-refractivity contribution is 5.81. The third-order valence-electron chi connectivity index (χ3n) is 5.38. The summed E-state index contributed by atoms with van der Waals surface area (Å²) in [4.78, 5) is 41.7. The van der Waals surface area contributed by atoms with E-state index in [2.05, 4.69) is 20.5 Å². The van der Waals surface area contributed by atoms with E-state index in [9.17, 15) is 24.8 Å². The molecule has 13 heteroatoms. The van der Waals surface area contributed by atoms with Gasteiger partial charge < -0.3 is 14.4 Å². The number of aliphatic hydroxyl groups is 1. The summed E-state index contributed by atoms with van der Waals surface area (Å²) in [6.45, 7) is 1.72. The van der Waals surface area contributed by atoms with E-state index in [1.165, 1.54) is 40.6 Å². The average molecular weight is 493 g/mol. The molecule has 13 nitrogen and oxygen atoms in total. The SMILES string of the molecule is Cc1ccccc1OC[C@H](O)Cn1c(N/N=C/c2cccc([N+](=O)[O-])c2)nc2c1c(=O)[nH]c(=O)n2C. The molecule has 2 aromatic heterocycles. The number of nitro benzene ring substituents is 1. The fourth-order valence-electron chi connectivity index (χ4n) is 3.55. The summed E-state index contributed by atoms with van der Waals surface area (Å²) in [7, 11) is 1.45. The van der Waals surface area contributed by atoms with Crippen LogP contribution in [0, 0.1) is 17.0 Å². The summed E-state index contributed by atoms with van der Waals surface area (Å²) in [5.41, 5.74) is 2.78. The molecule has 36 heavy (non-hydrogen) atoms. The van der Waals surface area contributed by atoms with E-state index >= 15 is 0 Å². The van der Waals surface area contributed by atoms with Gasteiger partial charge in [0.2, 0.25) is 5.95 Å². The number of nitrogens with zero attached hydrogens (tertiary/aromatic N) is 5. The Morgan fingerprint density at radius 3 is 2.81 bits per heavy atom. The van der Waals surface area contributed by atoms with Crippen LogP contribution in [0.5, 0.6) is 5.75 Å². The Morgan fingerprint density at radius 2 is 2.06 bits per heavy atom. The molecule has 186 valence electrons. The number of rotatable bonds is 9. The van der Waals surface area contributed by atoms with Crippen molar-refractivity contribution in [3.05, 3.63) is 90.6 Å². The van der Waals surface area contributed by atoms with Crippen LogP contribution in [0.2, 0.25) is 0 Å². The van der Waals surface area contributed by atoms with Gasteiger partial charge in [-0.2, -0.15) is 10.1 Å². The highest BCUT2D eigenvalue weighted by atomic mass is 16.6. The number of aromatic amines is 1. The van der Waals surface area contributed by atoms with Crippen LogP contribution in [0.3, 0.4) is 0 Å². The van der Waals surface area contributed by atoms with Crippen LogP contribution < -0.4 is 21.4 Å². The predicted molar refractivity (Wildman–Crippen MR) is 133 cm³/mol. The van der Waals surface area contributed by atoms with Gasteiger partial charge in [-0.15, -0.1) is 0 Å². The lowest BCUT2D eigenvalue weighted by atomic mass is 10.2. The second-order valence-corrected chi connectivity index (χ2v) is 7.99. The second kappa shape index (κ2) is 10.2. The van der Waals surface area contributed by atoms with Gasteiger partial charge in [0.1, 0.15) is 18.5 Å². The number of aliphatic hydroxyl groups excluding tert-OH is 1. The van der Waals surface area contributed by atoms with Crippen LogP contribution in [0.1, 0.15) is 11.1 Å². The van der Waals surface area contributed by atoms with Crippen molar-refractivity contribution in [1.29, 1.82) is 0 Å². The first-order valence-corrected chi connectivity index (χ1v) is 10.8. The molecule has 4 aromatic rings. The van der Waals surface area contributed by atoms with E-state index in [0.29, 0.717) is 11.3 Å². The smallest absolute Gasteiger partial charge is 0.329 e. The lowest BCUT2D eigenvalue weighted by molar-refractivity contribution is -0.384. The molecular weight excluding hydrogens is 470 g/mol. The minimum Gasteiger partial charge on any atom is -0.491 e. The van der Waals surface area contributed by atoms with E-state index in [4.69, 9.17) is 4.74 Å². The summed E-state index contributed by atoms with van der Waals surface area (Å²) in [6.07, 6.45) is 0.303. The zero-order valence-corrected chi connectivity index (χ0v) is 19.4. The number of nitrogens with one attached hydrogen (secondary N) is 2. The Bertz CT molecular complexity index is 1570. The van der Waals surface area contributed by atoms with Crippen molar-refractivity contribution in [3.8, 4) is 5.75 Å². The number of benzene rings is 2. The Kier molecular flexibility index (Phi) is 6.92. The van der Waals surface area contributed by atoms with Gasteiger partial charge in [0, 0.05) is 24.7 Å². The number of fused-ring (bicyclic) bond motifs is 1. The number of ether oxygens (including phenoxy) is 1. The molecule has 0 radical (unpaired) electrons. The van der Waals surface area contributed by atoms with Gasteiger partial charge in [-0.25, -0.2) is 10.2 Å². The second-order valence-electron chi connectivity index (χ2n) is 7.99. The third kappa shape index (κ3) is 5.15. The summed E-state index contributed by atoms with van der Waals surface area (Å²) < 4.78 is 8.27. The molecular formula is C23H23N7O6. The summed E-state index contributed by atoms with van der Waals surface area (Å²) >= 11 is 0. The molecule has 0 aliphatic rings. The number of aromatic nitrogens is 4. The fraction of sp³-hybridized carbons (Fsp3) is 0.217. The molecule has 0 unspecified atom stereocenters. The Labute approximate surface area is 203 Å². The monoisotopic (exact) mass is 493 g/mol. The van der Waals surface area contributed by atoms with E-state index in [-0.39, 0.29) is 36.0 Å². The molecule has 0 aliphatic carbocycles. The standard InChI is InChI=1S/C23H23N7O6/c1-14-6-3-4-9-18(14)36-13-17(31)12-29-19-20(28(2)23(33)26-21(19)32)25-22(29)27-24-11-15-7-5-8-16(10-15)30(34)35/h3-11,17,31H,12-13H2,1-2H3,(H,25,27)(H,26,32,33)/b24-11+/t17-/m1/s1. The van der Waals surface area contributed by atoms with Crippen LogP contribution in [0.25, 0.3) is 11.2 Å². The third-order valence-corrected chi connectivity index (χ3v) is 5.38. The molecule has 3 N–H and O–H groups in total. The lowest BCUT2D eigenvalue weighted by Crippen LogP contribution is -2.30. The van der Waals surface area contributed by atoms with Crippen LogP contribution in [-0.4, -0.2) is 48.1 Å². The van der Waals surface area contributed by atoms with Crippen molar-refractivity contribution < 1.29 is 14.8 Å². The van der Waals surface area contributed by atoms with Crippen LogP contribution in [-0.2, 0) is 13.6 Å². The molecule has 2 heterocycles. The van der Waals surface area contributed by atoms with Crippen LogP contribution in [0.4, 0.5) is 11.6 Å². The number of anilines is 1. The van der Waals surface area contributed by atoms with Crippen molar-refractivity contribution in [2.45, 2.75) is 19.6 Å². The lowest BCUT2D eigenvalue weighted by Gasteiger charge is -2.16. The van der Waals surface area contributed by atoms with Crippen molar-refractivity contribution >= 4 is 29.0 Å². The van der Waals surface area contributed by atoms with Gasteiger partial charge in [0.15, 0.2) is 11.2 Å². The van der Waals surface area contributed by atoms with E-state index < -0.39 is 22.3 Å². The number of para-hydroxylation sites is 1. The van der Waals surface area contributed by atoms with Gasteiger partial charge in [0.05, 0.1) is 17.7 Å². The first-order valence-electron chi connectivity index (χ1n) is 10.8. The fourth-order valence-corrected chi connectivity index (χ4v) is 3.55. The van der Waals surface area contributed by atoms with Crippen molar-refractivity contribution in [3.63, 3.8) is 0 Å². The zero-order chi connectivity index (χ0) is 25.8. The minimum atomic E-state index is -1.04. The minimum absolute atomic E-state index is 0.0556. The maximum atomic E-state index is 12.6. The number of non-ortho nitro benzene ring substituents is 1. The highest BCUT2D eigenvalue weighted by Crippen LogP contribution is 2.19. The highest BCUT2D eigenvalue weighted by Gasteiger charge is 2.20. The van der Waals surface area contributed by atoms with Crippen molar-refractivity contribution in [2.24, 2.45) is 12.1 Å². The predicted octanol–water partition coefficient (Wildman–Crippen LogP) is 1.53. The van der Waals surface area contributed by atoms with Crippen LogP contribution in [0.15, 0.2) is 63.2 Å². The average Bonchev–Trinajstić information content (AvgIpc) is 3.21. The molecule has 0 saturated heterocycles. The van der Waals surface area contributed by atoms with Gasteiger partial charge in [-0.1, -0.05) is 30.3 Å². The quantitative estimate of drug-likeness (QED) is 0.179. The summed E-state index contributed by atoms with van der Waals surface area (Å²) in [5.74, 6) is 0.695. The molecule has 1 atom stereocenters. The molecule has 0 aliphatic heterocycles. The number of H-pyrrole nitrogens is 1. The maximum absolute atomic E-state index is 12.6. The van der Waals surface area contributed by atoms with Crippen molar-refractivity contribution in [1.82, 2.24) is 19.1 Å². The normalized spacial score (nSPS) is 12.2. The largest absolute Gasteiger partial charge is 0.491 e. The van der Waals surface area contributed by atoms with Gasteiger partial charge in [-0.3, -0.25) is 24.5 Å². The summed E-state index contributed by atoms with van der Waals surface area (Å²) in [5, 5.41) is 25.7. The zero-order valence-electron chi connectivity index (χ0n) is 19.4.